The first-order valence-electron chi connectivity index (χ1n) is 4.86. The fraction of sp³-hybridized carbons (Fsp3) is 0.0909. The van der Waals surface area contributed by atoms with Crippen molar-refractivity contribution in [1.29, 1.82) is 0 Å². The first-order valence-corrected chi connectivity index (χ1v) is 5.62. The molecule has 4 nitrogen and oxygen atoms in total. The number of nitrogens with zero attached hydrogens (tertiary/aromatic N) is 2. The molecule has 0 saturated carbocycles. The summed E-state index contributed by atoms with van der Waals surface area (Å²) >= 11 is 11.8. The number of para-hydroxylation sites is 1. The van der Waals surface area contributed by atoms with Crippen molar-refractivity contribution in [2.24, 2.45) is 0 Å². The maximum atomic E-state index is 13.7. The van der Waals surface area contributed by atoms with Crippen LogP contribution in [0.4, 0.5) is 4.39 Å². The molecule has 0 unspecified atom stereocenters. The Labute approximate surface area is 112 Å². The van der Waals surface area contributed by atoms with E-state index in [1.807, 2.05) is 0 Å². The smallest absolute Gasteiger partial charge is 0.340 e. The molecule has 2 aromatic rings. The lowest BCUT2D eigenvalue weighted by atomic mass is 10.2. The highest BCUT2D eigenvalue weighted by atomic mass is 35.5. The zero-order valence-corrected chi connectivity index (χ0v) is 10.6. The second-order valence-corrected chi connectivity index (χ2v) is 4.30. The number of hydrogen-bond donors (Lipinski definition) is 1. The van der Waals surface area contributed by atoms with Crippen molar-refractivity contribution >= 4 is 29.2 Å². The molecule has 0 amide bonds. The fourth-order valence-electron chi connectivity index (χ4n) is 1.58. The molecule has 18 heavy (non-hydrogen) atoms. The molecule has 1 heterocycles. The lowest BCUT2D eigenvalue weighted by Crippen LogP contribution is -2.02. The Hall–Kier alpha value is -1.59. The van der Waals surface area contributed by atoms with Crippen LogP contribution in [0, 0.1) is 12.7 Å². The summed E-state index contributed by atoms with van der Waals surface area (Å²) in [5, 5.41) is 12.8. The van der Waals surface area contributed by atoms with Crippen LogP contribution < -0.4 is 0 Å². The summed E-state index contributed by atoms with van der Waals surface area (Å²) in [5.41, 5.74) is -0.0532. The van der Waals surface area contributed by atoms with Crippen LogP contribution >= 0.6 is 23.2 Å². The van der Waals surface area contributed by atoms with E-state index in [2.05, 4.69) is 5.10 Å². The summed E-state index contributed by atoms with van der Waals surface area (Å²) < 4.78 is 14.7. The molecule has 0 radical (unpaired) electrons. The van der Waals surface area contributed by atoms with E-state index in [4.69, 9.17) is 28.3 Å². The monoisotopic (exact) mass is 288 g/mol. The first-order chi connectivity index (χ1) is 8.43. The lowest BCUT2D eigenvalue weighted by Gasteiger charge is -2.06. The molecule has 1 N–H and O–H groups in total. The molecule has 7 heteroatoms. The highest BCUT2D eigenvalue weighted by Crippen LogP contribution is 2.29. The molecule has 1 aromatic heterocycles. The Bertz CT molecular complexity index is 620. The number of rotatable bonds is 2. The van der Waals surface area contributed by atoms with Crippen LogP contribution in [0.3, 0.4) is 0 Å². The summed E-state index contributed by atoms with van der Waals surface area (Å²) in [6.45, 7) is 1.47. The molecule has 0 saturated heterocycles. The largest absolute Gasteiger partial charge is 0.478 e. The zero-order chi connectivity index (χ0) is 13.4. The molecule has 0 atom stereocenters. The summed E-state index contributed by atoms with van der Waals surface area (Å²) in [6.07, 6.45) is 0. The Morgan fingerprint density at radius 3 is 2.61 bits per heavy atom. The summed E-state index contributed by atoms with van der Waals surface area (Å²) in [6, 6.07) is 4.09. The van der Waals surface area contributed by atoms with E-state index in [9.17, 15) is 9.18 Å². The van der Waals surface area contributed by atoms with Gasteiger partial charge in [-0.3, -0.25) is 0 Å². The van der Waals surface area contributed by atoms with Gasteiger partial charge in [0.05, 0.1) is 10.7 Å². The molecular weight excluding hydrogens is 282 g/mol. The number of aryl methyl sites for hydroxylation is 1. The van der Waals surface area contributed by atoms with Gasteiger partial charge in [0.25, 0.3) is 0 Å². The van der Waals surface area contributed by atoms with Crippen LogP contribution in [0.25, 0.3) is 5.69 Å². The van der Waals surface area contributed by atoms with Crippen molar-refractivity contribution in [2.45, 2.75) is 6.92 Å². The van der Waals surface area contributed by atoms with Crippen molar-refractivity contribution in [3.8, 4) is 5.69 Å². The second kappa shape index (κ2) is 4.59. The van der Waals surface area contributed by atoms with Crippen LogP contribution in [0.15, 0.2) is 18.2 Å². The molecule has 0 aliphatic heterocycles. The van der Waals surface area contributed by atoms with Crippen LogP contribution in [0.1, 0.15) is 16.1 Å². The predicted molar refractivity (Wildman–Crippen MR) is 65.2 cm³/mol. The zero-order valence-electron chi connectivity index (χ0n) is 9.12. The van der Waals surface area contributed by atoms with Gasteiger partial charge in [0.15, 0.2) is 0 Å². The average Bonchev–Trinajstić information content (AvgIpc) is 2.54. The van der Waals surface area contributed by atoms with Crippen molar-refractivity contribution < 1.29 is 14.3 Å². The van der Waals surface area contributed by atoms with Crippen molar-refractivity contribution in [3.05, 3.63) is 45.4 Å². The molecule has 0 aliphatic carbocycles. The van der Waals surface area contributed by atoms with Crippen LogP contribution in [-0.4, -0.2) is 20.9 Å². The third-order valence-electron chi connectivity index (χ3n) is 2.37. The van der Waals surface area contributed by atoms with Gasteiger partial charge >= 0.3 is 5.97 Å². The van der Waals surface area contributed by atoms with Gasteiger partial charge in [0.1, 0.15) is 22.2 Å². The highest BCUT2D eigenvalue weighted by Gasteiger charge is 2.23. The van der Waals surface area contributed by atoms with Crippen molar-refractivity contribution in [2.75, 3.05) is 0 Å². The van der Waals surface area contributed by atoms with E-state index in [1.165, 1.54) is 25.1 Å². The van der Waals surface area contributed by atoms with Crippen LogP contribution in [-0.2, 0) is 0 Å². The molecule has 2 rings (SSSR count). The first kappa shape index (κ1) is 12.9. The van der Waals surface area contributed by atoms with E-state index in [0.717, 1.165) is 4.68 Å². The van der Waals surface area contributed by atoms with Gasteiger partial charge in [-0.25, -0.2) is 13.9 Å². The topological polar surface area (TPSA) is 55.1 Å². The van der Waals surface area contributed by atoms with E-state index in [-0.39, 0.29) is 27.1 Å². The van der Waals surface area contributed by atoms with Gasteiger partial charge in [-0.2, -0.15) is 5.10 Å². The minimum Gasteiger partial charge on any atom is -0.478 e. The number of halogens is 3. The summed E-state index contributed by atoms with van der Waals surface area (Å²) in [7, 11) is 0. The summed E-state index contributed by atoms with van der Waals surface area (Å²) in [4.78, 5) is 11.0. The molecule has 0 spiro atoms. The third kappa shape index (κ3) is 1.95. The van der Waals surface area contributed by atoms with Gasteiger partial charge in [0, 0.05) is 0 Å². The van der Waals surface area contributed by atoms with Crippen LogP contribution in [0.5, 0.6) is 0 Å². The Balaban J connectivity index is 2.73. The number of aromatic nitrogens is 2. The quantitative estimate of drug-likeness (QED) is 0.922. The van der Waals surface area contributed by atoms with Crippen molar-refractivity contribution in [3.63, 3.8) is 0 Å². The van der Waals surface area contributed by atoms with Gasteiger partial charge in [0.2, 0.25) is 0 Å². The molecule has 94 valence electrons. The number of hydrogen-bond acceptors (Lipinski definition) is 2. The Kier molecular flexibility index (Phi) is 3.28. The van der Waals surface area contributed by atoms with Gasteiger partial charge < -0.3 is 5.11 Å². The van der Waals surface area contributed by atoms with Gasteiger partial charge in [-0.05, 0) is 19.1 Å². The SMILES string of the molecule is Cc1nn(-c2c(F)cccc2Cl)c(Cl)c1C(=O)O. The Morgan fingerprint density at radius 1 is 1.44 bits per heavy atom. The Morgan fingerprint density at radius 2 is 2.11 bits per heavy atom. The second-order valence-electron chi connectivity index (χ2n) is 3.54. The highest BCUT2D eigenvalue weighted by molar-refractivity contribution is 6.34. The van der Waals surface area contributed by atoms with E-state index in [1.54, 1.807) is 0 Å². The normalized spacial score (nSPS) is 10.7. The molecular formula is C11H7Cl2FN2O2. The third-order valence-corrected chi connectivity index (χ3v) is 3.02. The number of carbonyl (C=O) groups is 1. The average molecular weight is 289 g/mol. The lowest BCUT2D eigenvalue weighted by molar-refractivity contribution is 0.0696. The van der Waals surface area contributed by atoms with Crippen molar-refractivity contribution in [1.82, 2.24) is 9.78 Å². The van der Waals surface area contributed by atoms with E-state index in [0.29, 0.717) is 0 Å². The molecule has 1 aromatic carbocycles. The van der Waals surface area contributed by atoms with E-state index >= 15 is 0 Å². The minimum atomic E-state index is -1.23. The maximum Gasteiger partial charge on any atom is 0.340 e. The number of benzene rings is 1. The van der Waals surface area contributed by atoms with Gasteiger partial charge in [-0.1, -0.05) is 29.3 Å². The molecule has 0 fully saturated rings. The predicted octanol–water partition coefficient (Wildman–Crippen LogP) is 3.32. The maximum absolute atomic E-state index is 13.7. The van der Waals surface area contributed by atoms with E-state index < -0.39 is 11.8 Å². The number of aromatic carboxylic acids is 1. The van der Waals surface area contributed by atoms with Gasteiger partial charge in [-0.15, -0.1) is 0 Å². The number of carboxylic acid groups (broad SMARTS) is 1. The standard InChI is InChI=1S/C11H7Cl2FN2O2/c1-5-8(11(17)18)10(13)16(15-5)9-6(12)3-2-4-7(9)14/h2-4H,1H3,(H,17,18). The minimum absolute atomic E-state index is 0.0697. The fourth-order valence-corrected chi connectivity index (χ4v) is 2.16. The number of carboxylic acids is 1. The molecule has 0 bridgehead atoms. The molecule has 0 aliphatic rings. The van der Waals surface area contributed by atoms with Crippen LogP contribution in [0.2, 0.25) is 10.2 Å². The summed E-state index contributed by atoms with van der Waals surface area (Å²) in [5.74, 6) is -1.86.